The molecule has 0 aliphatic carbocycles. The summed E-state index contributed by atoms with van der Waals surface area (Å²) < 4.78 is 31.5. The van der Waals surface area contributed by atoms with Crippen molar-refractivity contribution in [3.63, 3.8) is 0 Å². The predicted octanol–water partition coefficient (Wildman–Crippen LogP) is 2.78. The number of hydrogen-bond donors (Lipinski definition) is 1. The Labute approximate surface area is 153 Å². The lowest BCUT2D eigenvalue weighted by Crippen LogP contribution is -2.48. The van der Waals surface area contributed by atoms with Crippen molar-refractivity contribution < 1.29 is 17.9 Å². The molecule has 0 bridgehead atoms. The second-order valence-electron chi connectivity index (χ2n) is 6.61. The van der Waals surface area contributed by atoms with Crippen molar-refractivity contribution in [2.24, 2.45) is 0 Å². The molecule has 7 heteroatoms. The molecule has 2 aromatic carbocycles. The Morgan fingerprint density at radius 1 is 1.19 bits per heavy atom. The van der Waals surface area contributed by atoms with E-state index in [1.54, 1.807) is 12.1 Å². The van der Waals surface area contributed by atoms with Crippen molar-refractivity contribution in [3.8, 4) is 5.75 Å². The number of ether oxygens (including phenoxy) is 1. The standard InChI is InChI=1S/C19H22N2O4S/c1-12-8-9-17-16(10-12)21(26(4,23)24)11-18(25-17)19(22)20-15-7-5-6-13(2)14(15)3/h5-10,18H,11H2,1-4H3,(H,20,22). The van der Waals surface area contributed by atoms with E-state index in [9.17, 15) is 13.2 Å². The van der Waals surface area contributed by atoms with Crippen LogP contribution in [0.4, 0.5) is 11.4 Å². The van der Waals surface area contributed by atoms with Gasteiger partial charge in [-0.25, -0.2) is 8.42 Å². The smallest absolute Gasteiger partial charge is 0.267 e. The van der Waals surface area contributed by atoms with Gasteiger partial charge in [0.1, 0.15) is 5.75 Å². The van der Waals surface area contributed by atoms with E-state index in [2.05, 4.69) is 5.32 Å². The molecule has 3 rings (SSSR count). The Morgan fingerprint density at radius 3 is 2.62 bits per heavy atom. The first-order chi connectivity index (χ1) is 12.2. The van der Waals surface area contributed by atoms with Crippen molar-refractivity contribution >= 4 is 27.3 Å². The molecule has 138 valence electrons. The minimum absolute atomic E-state index is 0.0635. The highest BCUT2D eigenvalue weighted by atomic mass is 32.2. The summed E-state index contributed by atoms with van der Waals surface area (Å²) >= 11 is 0. The van der Waals surface area contributed by atoms with E-state index in [1.807, 2.05) is 45.0 Å². The molecule has 1 unspecified atom stereocenters. The van der Waals surface area contributed by atoms with Crippen LogP contribution in [0.15, 0.2) is 36.4 Å². The number of benzene rings is 2. The third-order valence-electron chi connectivity index (χ3n) is 4.54. The maximum absolute atomic E-state index is 12.7. The molecule has 26 heavy (non-hydrogen) atoms. The zero-order valence-corrected chi connectivity index (χ0v) is 16.1. The van der Waals surface area contributed by atoms with Crippen molar-refractivity contribution in [2.75, 3.05) is 22.4 Å². The van der Waals surface area contributed by atoms with Gasteiger partial charge in [0.15, 0.2) is 6.10 Å². The second kappa shape index (κ2) is 6.64. The van der Waals surface area contributed by atoms with Gasteiger partial charge in [0, 0.05) is 5.69 Å². The Hall–Kier alpha value is -2.54. The summed E-state index contributed by atoms with van der Waals surface area (Å²) in [4.78, 5) is 12.7. The molecule has 0 radical (unpaired) electrons. The number of carbonyl (C=O) groups is 1. The normalized spacial score (nSPS) is 16.6. The quantitative estimate of drug-likeness (QED) is 0.896. The molecule has 0 aromatic heterocycles. The third-order valence-corrected chi connectivity index (χ3v) is 5.69. The lowest BCUT2D eigenvalue weighted by Gasteiger charge is -2.34. The molecule has 1 N–H and O–H groups in total. The van der Waals surface area contributed by atoms with E-state index in [0.29, 0.717) is 17.1 Å². The van der Waals surface area contributed by atoms with Crippen molar-refractivity contribution in [3.05, 3.63) is 53.1 Å². The first-order valence-corrected chi connectivity index (χ1v) is 10.1. The maximum Gasteiger partial charge on any atom is 0.267 e. The van der Waals surface area contributed by atoms with Gasteiger partial charge in [-0.05, 0) is 55.7 Å². The van der Waals surface area contributed by atoms with Gasteiger partial charge < -0.3 is 10.1 Å². The average Bonchev–Trinajstić information content (AvgIpc) is 2.57. The topological polar surface area (TPSA) is 75.7 Å². The molecule has 1 atom stereocenters. The number of nitrogens with zero attached hydrogens (tertiary/aromatic N) is 1. The van der Waals surface area contributed by atoms with Crippen molar-refractivity contribution in [2.45, 2.75) is 26.9 Å². The summed E-state index contributed by atoms with van der Waals surface area (Å²) in [6.07, 6.45) is 0.198. The fourth-order valence-electron chi connectivity index (χ4n) is 2.91. The number of carbonyl (C=O) groups excluding carboxylic acids is 1. The highest BCUT2D eigenvalue weighted by Crippen LogP contribution is 2.36. The van der Waals surface area contributed by atoms with Gasteiger partial charge in [0.2, 0.25) is 10.0 Å². The molecule has 1 heterocycles. The Bertz CT molecular complexity index is 969. The number of hydrogen-bond acceptors (Lipinski definition) is 4. The molecular formula is C19H22N2O4S. The van der Waals surface area contributed by atoms with Gasteiger partial charge in [-0.15, -0.1) is 0 Å². The lowest BCUT2D eigenvalue weighted by atomic mass is 10.1. The minimum atomic E-state index is -3.54. The first-order valence-electron chi connectivity index (χ1n) is 8.29. The van der Waals surface area contributed by atoms with Gasteiger partial charge >= 0.3 is 0 Å². The van der Waals surface area contributed by atoms with Crippen molar-refractivity contribution in [1.82, 2.24) is 0 Å². The summed E-state index contributed by atoms with van der Waals surface area (Å²) in [7, 11) is -3.54. The van der Waals surface area contributed by atoms with Crippen LogP contribution in [0.25, 0.3) is 0 Å². The van der Waals surface area contributed by atoms with Gasteiger partial charge in [-0.2, -0.15) is 0 Å². The van der Waals surface area contributed by atoms with Gasteiger partial charge in [0.25, 0.3) is 5.91 Å². The Morgan fingerprint density at radius 2 is 1.92 bits per heavy atom. The molecule has 0 spiro atoms. The fourth-order valence-corrected chi connectivity index (χ4v) is 3.82. The average molecular weight is 374 g/mol. The highest BCUT2D eigenvalue weighted by Gasteiger charge is 2.35. The van der Waals surface area contributed by atoms with E-state index < -0.39 is 16.1 Å². The number of nitrogens with one attached hydrogen (secondary N) is 1. The summed E-state index contributed by atoms with van der Waals surface area (Å²) in [6, 6.07) is 10.9. The fraction of sp³-hybridized carbons (Fsp3) is 0.316. The van der Waals surface area contributed by atoms with Crippen molar-refractivity contribution in [1.29, 1.82) is 0 Å². The predicted molar refractivity (Wildman–Crippen MR) is 102 cm³/mol. The van der Waals surface area contributed by atoms with Crippen LogP contribution in [0.2, 0.25) is 0 Å². The van der Waals surface area contributed by atoms with Crippen LogP contribution >= 0.6 is 0 Å². The number of aryl methyl sites for hydroxylation is 2. The van der Waals surface area contributed by atoms with E-state index in [1.165, 1.54) is 4.31 Å². The van der Waals surface area contributed by atoms with Crippen LogP contribution in [-0.2, 0) is 14.8 Å². The molecule has 1 aliphatic heterocycles. The highest BCUT2D eigenvalue weighted by molar-refractivity contribution is 7.92. The molecule has 0 fully saturated rings. The molecular weight excluding hydrogens is 352 g/mol. The number of sulfonamides is 1. The number of anilines is 2. The van der Waals surface area contributed by atoms with Gasteiger partial charge in [-0.1, -0.05) is 18.2 Å². The second-order valence-corrected chi connectivity index (χ2v) is 8.52. The van der Waals surface area contributed by atoms with Crippen LogP contribution < -0.4 is 14.4 Å². The molecule has 1 amide bonds. The Balaban J connectivity index is 1.91. The lowest BCUT2D eigenvalue weighted by molar-refractivity contribution is -0.122. The summed E-state index contributed by atoms with van der Waals surface area (Å²) in [6.45, 7) is 5.70. The zero-order valence-electron chi connectivity index (χ0n) is 15.2. The van der Waals surface area contributed by atoms with Gasteiger partial charge in [-0.3, -0.25) is 9.10 Å². The third kappa shape index (κ3) is 3.53. The number of fused-ring (bicyclic) bond motifs is 1. The minimum Gasteiger partial charge on any atom is -0.476 e. The largest absolute Gasteiger partial charge is 0.476 e. The van der Waals surface area contributed by atoms with E-state index >= 15 is 0 Å². The molecule has 1 aliphatic rings. The number of amides is 1. The monoisotopic (exact) mass is 374 g/mol. The zero-order chi connectivity index (χ0) is 19.1. The molecule has 6 nitrogen and oxygen atoms in total. The van der Waals surface area contributed by atoms with Crippen LogP contribution in [0.5, 0.6) is 5.75 Å². The van der Waals surface area contributed by atoms with Crippen LogP contribution in [0, 0.1) is 20.8 Å². The molecule has 0 saturated carbocycles. The maximum atomic E-state index is 12.7. The van der Waals surface area contributed by atoms with Crippen LogP contribution in [0.3, 0.4) is 0 Å². The van der Waals surface area contributed by atoms with E-state index in [-0.39, 0.29) is 12.5 Å². The number of rotatable bonds is 3. The first kappa shape index (κ1) is 18.3. The summed E-state index contributed by atoms with van der Waals surface area (Å²) in [5, 5.41) is 2.85. The summed E-state index contributed by atoms with van der Waals surface area (Å²) in [5.74, 6) is 0.00645. The SMILES string of the molecule is Cc1ccc2c(c1)N(S(C)(=O)=O)CC(C(=O)Nc1cccc(C)c1C)O2. The van der Waals surface area contributed by atoms with E-state index in [0.717, 1.165) is 22.9 Å². The summed E-state index contributed by atoms with van der Waals surface area (Å²) in [5.41, 5.74) is 4.10. The molecule has 2 aromatic rings. The van der Waals surface area contributed by atoms with E-state index in [4.69, 9.17) is 4.74 Å². The molecule has 0 saturated heterocycles. The Kier molecular flexibility index (Phi) is 4.66. The van der Waals surface area contributed by atoms with Crippen LogP contribution in [0.1, 0.15) is 16.7 Å². The van der Waals surface area contributed by atoms with Crippen LogP contribution in [-0.4, -0.2) is 33.2 Å². The van der Waals surface area contributed by atoms with Gasteiger partial charge in [0.05, 0.1) is 18.5 Å².